The summed E-state index contributed by atoms with van der Waals surface area (Å²) in [7, 11) is 8.86. The van der Waals surface area contributed by atoms with Crippen molar-refractivity contribution in [2.45, 2.75) is 0 Å². The number of rotatable bonds is 4. The Labute approximate surface area is 82.9 Å². The first-order chi connectivity index (χ1) is 5.89. The maximum atomic E-state index is 10.7. The lowest BCUT2D eigenvalue weighted by atomic mass is 11.2. The highest BCUT2D eigenvalue weighted by Gasteiger charge is 2.29. The molecule has 0 radical (unpaired) electrons. The van der Waals surface area contributed by atoms with E-state index in [1.54, 1.807) is 0 Å². The summed E-state index contributed by atoms with van der Waals surface area (Å²) in [4.78, 5) is 10.7. The van der Waals surface area contributed by atoms with Crippen LogP contribution in [0.1, 0.15) is 0 Å². The molecule has 1 unspecified atom stereocenters. The first-order valence-electron chi connectivity index (χ1n) is 3.98. The molecule has 0 amide bonds. The minimum atomic E-state index is -1.86. The Morgan fingerprint density at radius 2 is 1.23 bits per heavy atom. The lowest BCUT2D eigenvalue weighted by Gasteiger charge is -2.39. The van der Waals surface area contributed by atoms with Gasteiger partial charge in [-0.05, 0) is 42.3 Å². The smallest absolute Gasteiger partial charge is 0.206 e. The van der Waals surface area contributed by atoms with Crippen LogP contribution in [0.3, 0.4) is 0 Å². The van der Waals surface area contributed by atoms with Gasteiger partial charge in [-0.15, -0.1) is 4.52 Å². The third-order valence-corrected chi connectivity index (χ3v) is 6.65. The molecule has 80 valence electrons. The van der Waals surface area contributed by atoms with Gasteiger partial charge in [-0.25, -0.2) is 14.0 Å². The maximum absolute atomic E-state index is 10.7. The van der Waals surface area contributed by atoms with E-state index in [4.69, 9.17) is 0 Å². The Hall–Kier alpha value is 0.500. The summed E-state index contributed by atoms with van der Waals surface area (Å²) in [6.45, 7) is 0. The fourth-order valence-electron chi connectivity index (χ4n) is 1.45. The Kier molecular flexibility index (Phi) is 5.61. The molecule has 0 saturated heterocycles. The summed E-state index contributed by atoms with van der Waals surface area (Å²) in [5, 5.41) is 0. The average Bonchev–Trinajstić information content (AvgIpc) is 1.97. The molecule has 0 bridgehead atoms. The van der Waals surface area contributed by atoms with Crippen molar-refractivity contribution in [1.82, 2.24) is 14.0 Å². The molecular formula is C6H20N4OP2. The predicted molar refractivity (Wildman–Crippen MR) is 60.1 cm³/mol. The van der Waals surface area contributed by atoms with E-state index in [1.165, 1.54) is 0 Å². The molecule has 0 heterocycles. The predicted octanol–water partition coefficient (Wildman–Crippen LogP) is 0.218. The molecule has 0 aromatic heterocycles. The van der Waals surface area contributed by atoms with Crippen molar-refractivity contribution in [1.29, 1.82) is 0 Å². The van der Waals surface area contributed by atoms with Gasteiger partial charge in [0, 0.05) is 0 Å². The quantitative estimate of drug-likeness (QED) is 0.643. The van der Waals surface area contributed by atoms with Crippen molar-refractivity contribution in [3.63, 3.8) is 0 Å². The van der Waals surface area contributed by atoms with Gasteiger partial charge in [0.2, 0.25) is 7.51 Å². The Balaban J connectivity index is 5.20. The van der Waals surface area contributed by atoms with Crippen molar-refractivity contribution >= 4 is 16.5 Å². The average molecular weight is 226 g/mol. The summed E-state index contributed by atoms with van der Waals surface area (Å²) >= 11 is 0. The van der Waals surface area contributed by atoms with E-state index in [-0.39, 0.29) is 0 Å². The van der Waals surface area contributed by atoms with Crippen LogP contribution in [0.15, 0.2) is 4.52 Å². The number of nitrogens with zero attached hydrogens (tertiary/aromatic N) is 4. The lowest BCUT2D eigenvalue weighted by Crippen LogP contribution is -2.30. The highest BCUT2D eigenvalue weighted by molar-refractivity contribution is 7.63. The summed E-state index contributed by atoms with van der Waals surface area (Å²) in [5.41, 5.74) is 0. The molecule has 0 rings (SSSR count). The Morgan fingerprint density at radius 1 is 0.923 bits per heavy atom. The van der Waals surface area contributed by atoms with Crippen LogP contribution >= 0.6 is 16.5 Å². The Morgan fingerprint density at radius 3 is 1.31 bits per heavy atom. The van der Waals surface area contributed by atoms with Crippen LogP contribution in [-0.4, -0.2) is 56.3 Å². The van der Waals surface area contributed by atoms with Gasteiger partial charge in [-0.1, -0.05) is 0 Å². The SMILES string of the molecule is CN(C)P(=N[PH2+][O-])(N(C)C)N(C)C. The maximum Gasteiger partial charge on any atom is 0.206 e. The Bertz CT molecular complexity index is 176. The van der Waals surface area contributed by atoms with Crippen LogP contribution in [-0.2, 0) is 0 Å². The molecule has 0 N–H and O–H groups in total. The second-order valence-electron chi connectivity index (χ2n) is 3.30. The van der Waals surface area contributed by atoms with Gasteiger partial charge in [-0.2, -0.15) is 0 Å². The second kappa shape index (κ2) is 5.40. The van der Waals surface area contributed by atoms with Crippen LogP contribution < -0.4 is 4.89 Å². The molecule has 0 aromatic rings. The standard InChI is InChI=1S/C6H20N4OP2/c1-8(2)13(7-12-11,9(3)4)10(5)6/h12H2,1-6H3. The van der Waals surface area contributed by atoms with Crippen molar-refractivity contribution in [3.05, 3.63) is 0 Å². The van der Waals surface area contributed by atoms with Crippen molar-refractivity contribution in [2.75, 3.05) is 42.3 Å². The van der Waals surface area contributed by atoms with Gasteiger partial charge in [0.15, 0.2) is 0 Å². The van der Waals surface area contributed by atoms with Crippen LogP contribution in [0.2, 0.25) is 0 Å². The normalized spacial score (nSPS) is 14.0. The molecule has 0 fully saturated rings. The minimum Gasteiger partial charge on any atom is -0.663 e. The highest BCUT2D eigenvalue weighted by Crippen LogP contribution is 2.56. The summed E-state index contributed by atoms with van der Waals surface area (Å²) in [5.74, 6) is 0. The van der Waals surface area contributed by atoms with Gasteiger partial charge in [0.25, 0.3) is 0 Å². The second-order valence-corrected chi connectivity index (χ2v) is 7.91. The monoisotopic (exact) mass is 226 g/mol. The lowest BCUT2D eigenvalue weighted by molar-refractivity contribution is -0.150. The van der Waals surface area contributed by atoms with E-state index >= 15 is 0 Å². The molecule has 7 heteroatoms. The fourth-order valence-corrected chi connectivity index (χ4v) is 6.58. The van der Waals surface area contributed by atoms with Crippen molar-refractivity contribution < 1.29 is 4.89 Å². The van der Waals surface area contributed by atoms with Gasteiger partial charge in [-0.3, -0.25) is 0 Å². The van der Waals surface area contributed by atoms with Gasteiger partial charge >= 0.3 is 0 Å². The summed E-state index contributed by atoms with van der Waals surface area (Å²) < 4.78 is 10.4. The molecular weight excluding hydrogens is 206 g/mol. The van der Waals surface area contributed by atoms with Crippen LogP contribution in [0.25, 0.3) is 0 Å². The van der Waals surface area contributed by atoms with Crippen molar-refractivity contribution in [3.8, 4) is 0 Å². The third kappa shape index (κ3) is 2.72. The number of hydrogen-bond donors (Lipinski definition) is 0. The molecule has 0 aliphatic rings. The van der Waals surface area contributed by atoms with E-state index in [0.717, 1.165) is 0 Å². The first-order valence-corrected chi connectivity index (χ1v) is 6.56. The highest BCUT2D eigenvalue weighted by atomic mass is 31.2. The molecule has 0 spiro atoms. The van der Waals surface area contributed by atoms with E-state index < -0.39 is 16.5 Å². The van der Waals surface area contributed by atoms with Gasteiger partial charge in [0.1, 0.15) is 0 Å². The molecule has 13 heavy (non-hydrogen) atoms. The minimum absolute atomic E-state index is 1.07. The zero-order valence-corrected chi connectivity index (χ0v) is 11.3. The topological polar surface area (TPSA) is 45.1 Å². The van der Waals surface area contributed by atoms with E-state index in [2.05, 4.69) is 4.52 Å². The molecule has 1 atom stereocenters. The van der Waals surface area contributed by atoms with E-state index in [1.807, 2.05) is 56.3 Å². The molecule has 5 nitrogen and oxygen atoms in total. The van der Waals surface area contributed by atoms with Crippen LogP contribution in [0.4, 0.5) is 0 Å². The molecule has 0 saturated carbocycles. The van der Waals surface area contributed by atoms with Gasteiger partial charge < -0.3 is 4.89 Å². The molecule has 0 aliphatic heterocycles. The molecule has 0 aromatic carbocycles. The first kappa shape index (κ1) is 13.5. The van der Waals surface area contributed by atoms with Gasteiger partial charge in [0.05, 0.1) is 8.96 Å². The molecule has 0 aliphatic carbocycles. The number of hydrogen-bond acceptors (Lipinski definition) is 2. The summed E-state index contributed by atoms with van der Waals surface area (Å²) in [6, 6.07) is 0. The largest absolute Gasteiger partial charge is 0.663 e. The third-order valence-electron chi connectivity index (χ3n) is 1.81. The zero-order valence-electron chi connectivity index (χ0n) is 9.22. The van der Waals surface area contributed by atoms with E-state index in [0.29, 0.717) is 0 Å². The van der Waals surface area contributed by atoms with E-state index in [9.17, 15) is 4.89 Å². The van der Waals surface area contributed by atoms with Crippen LogP contribution in [0.5, 0.6) is 0 Å². The fraction of sp³-hybridized carbons (Fsp3) is 1.00. The summed E-state index contributed by atoms with van der Waals surface area (Å²) in [6.07, 6.45) is 0. The zero-order chi connectivity index (χ0) is 10.6. The van der Waals surface area contributed by atoms with Crippen LogP contribution in [0, 0.1) is 0 Å². The van der Waals surface area contributed by atoms with Crippen molar-refractivity contribution in [2.24, 2.45) is 4.52 Å².